The number of benzene rings is 2. The first-order chi connectivity index (χ1) is 10.7. The van der Waals surface area contributed by atoms with Gasteiger partial charge in [0.05, 0.1) is 6.61 Å². The summed E-state index contributed by atoms with van der Waals surface area (Å²) in [7, 11) is 0. The minimum absolute atomic E-state index is 0.00841. The normalized spacial score (nSPS) is 10.1. The van der Waals surface area contributed by atoms with Gasteiger partial charge in [0.2, 0.25) is 5.91 Å². The molecule has 2 aromatic rings. The first-order valence-corrected chi connectivity index (χ1v) is 7.11. The third-order valence-electron chi connectivity index (χ3n) is 2.99. The van der Waals surface area contributed by atoms with E-state index in [1.165, 1.54) is 6.92 Å². The molecule has 0 saturated carbocycles. The molecule has 0 heterocycles. The highest BCUT2D eigenvalue weighted by atomic mass is 16.5. The van der Waals surface area contributed by atoms with Crippen molar-refractivity contribution in [2.24, 2.45) is 0 Å². The molecule has 0 unspecified atom stereocenters. The van der Waals surface area contributed by atoms with Gasteiger partial charge in [-0.25, -0.2) is 0 Å². The molecule has 0 aliphatic heterocycles. The van der Waals surface area contributed by atoms with Crippen molar-refractivity contribution >= 4 is 17.3 Å². The van der Waals surface area contributed by atoms with Crippen LogP contribution in [0.25, 0.3) is 0 Å². The minimum Gasteiger partial charge on any atom is -0.491 e. The van der Waals surface area contributed by atoms with E-state index in [1.54, 1.807) is 0 Å². The van der Waals surface area contributed by atoms with Crippen LogP contribution >= 0.6 is 0 Å². The standard InChI is InChI=1S/C17H20N2O3/c1-13(21)19-16-4-2-14(3-5-16)12-18-15-6-8-17(9-7-15)22-11-10-20/h2-9,18,20H,10-12H2,1H3,(H,19,21). The molecule has 2 aromatic carbocycles. The molecule has 0 radical (unpaired) electrons. The van der Waals surface area contributed by atoms with Crippen LogP contribution in [-0.2, 0) is 11.3 Å². The summed E-state index contributed by atoms with van der Waals surface area (Å²) >= 11 is 0. The van der Waals surface area contributed by atoms with Gasteiger partial charge in [0.15, 0.2) is 0 Å². The Morgan fingerprint density at radius 1 is 1.05 bits per heavy atom. The number of ether oxygens (including phenoxy) is 1. The Hall–Kier alpha value is -2.53. The predicted octanol–water partition coefficient (Wildman–Crippen LogP) is 2.63. The zero-order valence-corrected chi connectivity index (χ0v) is 12.5. The summed E-state index contributed by atoms with van der Waals surface area (Å²) in [5.74, 6) is 0.661. The van der Waals surface area contributed by atoms with Gasteiger partial charge in [-0.15, -0.1) is 0 Å². The van der Waals surface area contributed by atoms with E-state index in [4.69, 9.17) is 9.84 Å². The molecule has 2 rings (SSSR count). The molecule has 0 spiro atoms. The fraction of sp³-hybridized carbons (Fsp3) is 0.235. The molecule has 3 N–H and O–H groups in total. The van der Waals surface area contributed by atoms with Gasteiger partial charge in [-0.1, -0.05) is 12.1 Å². The van der Waals surface area contributed by atoms with Gasteiger partial charge in [-0.2, -0.15) is 0 Å². The predicted molar refractivity (Wildman–Crippen MR) is 87.1 cm³/mol. The van der Waals surface area contributed by atoms with E-state index in [9.17, 15) is 4.79 Å². The van der Waals surface area contributed by atoms with Gasteiger partial charge in [0, 0.05) is 24.8 Å². The number of aliphatic hydroxyl groups excluding tert-OH is 1. The van der Waals surface area contributed by atoms with Gasteiger partial charge in [0.1, 0.15) is 12.4 Å². The van der Waals surface area contributed by atoms with Crippen molar-refractivity contribution in [3.05, 3.63) is 54.1 Å². The lowest BCUT2D eigenvalue weighted by Gasteiger charge is -2.09. The molecule has 116 valence electrons. The zero-order valence-electron chi connectivity index (χ0n) is 12.5. The van der Waals surface area contributed by atoms with Gasteiger partial charge in [0.25, 0.3) is 0 Å². The lowest BCUT2D eigenvalue weighted by atomic mass is 10.2. The van der Waals surface area contributed by atoms with Crippen molar-refractivity contribution in [3.63, 3.8) is 0 Å². The third-order valence-corrected chi connectivity index (χ3v) is 2.99. The summed E-state index contributed by atoms with van der Waals surface area (Å²) in [6.07, 6.45) is 0. The highest BCUT2D eigenvalue weighted by Crippen LogP contribution is 2.17. The van der Waals surface area contributed by atoms with Crippen LogP contribution < -0.4 is 15.4 Å². The largest absolute Gasteiger partial charge is 0.491 e. The van der Waals surface area contributed by atoms with Crippen LogP contribution in [0.15, 0.2) is 48.5 Å². The Morgan fingerprint density at radius 3 is 2.27 bits per heavy atom. The number of amides is 1. The quantitative estimate of drug-likeness (QED) is 0.735. The molecule has 0 atom stereocenters. The Balaban J connectivity index is 1.85. The van der Waals surface area contributed by atoms with Gasteiger partial charge < -0.3 is 20.5 Å². The highest BCUT2D eigenvalue weighted by Gasteiger charge is 1.98. The number of anilines is 2. The number of carbonyl (C=O) groups excluding carboxylic acids is 1. The van der Waals surface area contributed by atoms with Crippen LogP contribution in [-0.4, -0.2) is 24.2 Å². The summed E-state index contributed by atoms with van der Waals surface area (Å²) in [5.41, 5.74) is 2.90. The van der Waals surface area contributed by atoms with Crippen LogP contribution in [0, 0.1) is 0 Å². The summed E-state index contributed by atoms with van der Waals surface area (Å²) in [4.78, 5) is 11.0. The number of hydrogen-bond donors (Lipinski definition) is 3. The summed E-state index contributed by atoms with van der Waals surface area (Å²) in [5, 5.41) is 14.7. The molecule has 0 aliphatic rings. The molecule has 22 heavy (non-hydrogen) atoms. The van der Waals surface area contributed by atoms with E-state index in [0.717, 1.165) is 22.7 Å². The molecule has 0 saturated heterocycles. The van der Waals surface area contributed by atoms with Crippen LogP contribution in [0.2, 0.25) is 0 Å². The number of rotatable bonds is 7. The monoisotopic (exact) mass is 300 g/mol. The van der Waals surface area contributed by atoms with E-state index >= 15 is 0 Å². The lowest BCUT2D eigenvalue weighted by Crippen LogP contribution is -2.06. The second-order valence-corrected chi connectivity index (χ2v) is 4.83. The third kappa shape index (κ3) is 5.10. The van der Waals surface area contributed by atoms with E-state index < -0.39 is 0 Å². The average molecular weight is 300 g/mol. The molecule has 1 amide bonds. The second-order valence-electron chi connectivity index (χ2n) is 4.83. The minimum atomic E-state index is -0.0746. The molecular weight excluding hydrogens is 280 g/mol. The Morgan fingerprint density at radius 2 is 1.68 bits per heavy atom. The number of hydrogen-bond acceptors (Lipinski definition) is 4. The van der Waals surface area contributed by atoms with E-state index in [2.05, 4.69) is 10.6 Å². The molecule has 0 fully saturated rings. The fourth-order valence-corrected chi connectivity index (χ4v) is 1.95. The maximum Gasteiger partial charge on any atom is 0.221 e. The van der Waals surface area contributed by atoms with Gasteiger partial charge in [-0.3, -0.25) is 4.79 Å². The zero-order chi connectivity index (χ0) is 15.8. The smallest absolute Gasteiger partial charge is 0.221 e. The second kappa shape index (κ2) is 8.05. The first kappa shape index (κ1) is 15.9. The van der Waals surface area contributed by atoms with Gasteiger partial charge >= 0.3 is 0 Å². The van der Waals surface area contributed by atoms with Crippen LogP contribution in [0.1, 0.15) is 12.5 Å². The van der Waals surface area contributed by atoms with Crippen molar-refractivity contribution in [2.45, 2.75) is 13.5 Å². The summed E-state index contributed by atoms with van der Waals surface area (Å²) in [6, 6.07) is 15.3. The van der Waals surface area contributed by atoms with E-state index in [1.807, 2.05) is 48.5 Å². The number of carbonyl (C=O) groups is 1. The highest BCUT2D eigenvalue weighted by molar-refractivity contribution is 5.88. The average Bonchev–Trinajstić information content (AvgIpc) is 2.53. The summed E-state index contributed by atoms with van der Waals surface area (Å²) in [6.45, 7) is 2.49. The molecule has 0 bridgehead atoms. The lowest BCUT2D eigenvalue weighted by molar-refractivity contribution is -0.114. The molecule has 5 heteroatoms. The maximum atomic E-state index is 11.0. The van der Waals surface area contributed by atoms with Gasteiger partial charge in [-0.05, 0) is 42.0 Å². The SMILES string of the molecule is CC(=O)Nc1ccc(CNc2ccc(OCCO)cc2)cc1. The van der Waals surface area contributed by atoms with Crippen molar-refractivity contribution in [3.8, 4) is 5.75 Å². The van der Waals surface area contributed by atoms with Crippen LogP contribution in [0.5, 0.6) is 5.75 Å². The van der Waals surface area contributed by atoms with E-state index in [-0.39, 0.29) is 12.5 Å². The van der Waals surface area contributed by atoms with Crippen molar-refractivity contribution in [2.75, 3.05) is 23.8 Å². The molecule has 0 aliphatic carbocycles. The van der Waals surface area contributed by atoms with Crippen molar-refractivity contribution < 1.29 is 14.6 Å². The molecule has 5 nitrogen and oxygen atoms in total. The fourth-order valence-electron chi connectivity index (χ4n) is 1.95. The maximum absolute atomic E-state index is 11.0. The summed E-state index contributed by atoms with van der Waals surface area (Å²) < 4.78 is 5.31. The van der Waals surface area contributed by atoms with Crippen molar-refractivity contribution in [1.82, 2.24) is 0 Å². The molecular formula is C17H20N2O3. The first-order valence-electron chi connectivity index (χ1n) is 7.11. The van der Waals surface area contributed by atoms with Crippen LogP contribution in [0.3, 0.4) is 0 Å². The number of nitrogens with one attached hydrogen (secondary N) is 2. The van der Waals surface area contributed by atoms with Crippen molar-refractivity contribution in [1.29, 1.82) is 0 Å². The Labute approximate surface area is 129 Å². The Kier molecular flexibility index (Phi) is 5.80. The Bertz CT molecular complexity index is 594. The van der Waals surface area contributed by atoms with Crippen LogP contribution in [0.4, 0.5) is 11.4 Å². The van der Waals surface area contributed by atoms with E-state index in [0.29, 0.717) is 13.2 Å². The topological polar surface area (TPSA) is 70.6 Å². The molecule has 0 aromatic heterocycles. The number of aliphatic hydroxyl groups is 1.